The smallest absolute Gasteiger partial charge is 0.148 e. The first-order valence-corrected chi connectivity index (χ1v) is 11.5. The molecule has 2 atom stereocenters. The van der Waals surface area contributed by atoms with Gasteiger partial charge in [0.25, 0.3) is 0 Å². The molecule has 3 N–H and O–H groups in total. The van der Waals surface area contributed by atoms with Crippen molar-refractivity contribution >= 4 is 35.0 Å². The van der Waals surface area contributed by atoms with E-state index in [1.807, 2.05) is 18.5 Å². The van der Waals surface area contributed by atoms with Crippen LogP contribution in [0.4, 0.5) is 0 Å². The lowest BCUT2D eigenvalue weighted by Crippen LogP contribution is -2.44. The minimum Gasteiger partial charge on any atom is -0.323 e. The molecule has 0 radical (unpaired) electrons. The van der Waals surface area contributed by atoms with Gasteiger partial charge >= 0.3 is 0 Å². The molecule has 8 heteroatoms. The van der Waals surface area contributed by atoms with Gasteiger partial charge in [0, 0.05) is 28.5 Å². The molecule has 1 saturated heterocycles. The third-order valence-electron chi connectivity index (χ3n) is 6.34. The monoisotopic (exact) mass is 457 g/mol. The predicted molar refractivity (Wildman–Crippen MR) is 120 cm³/mol. The summed E-state index contributed by atoms with van der Waals surface area (Å²) in [5, 5.41) is 4.96. The Balaban J connectivity index is 1.50. The van der Waals surface area contributed by atoms with Crippen molar-refractivity contribution < 1.29 is 0 Å². The normalized spacial score (nSPS) is 22.2. The Hall–Kier alpha value is -1.70. The van der Waals surface area contributed by atoms with E-state index in [0.29, 0.717) is 5.02 Å². The van der Waals surface area contributed by atoms with Crippen LogP contribution in [0.15, 0.2) is 58.8 Å². The highest BCUT2D eigenvalue weighted by Crippen LogP contribution is 2.59. The van der Waals surface area contributed by atoms with Crippen molar-refractivity contribution in [2.75, 3.05) is 13.1 Å². The molecule has 5 nitrogen and oxygen atoms in total. The molecule has 1 aliphatic heterocycles. The number of halogens is 2. The summed E-state index contributed by atoms with van der Waals surface area (Å²) in [6, 6.07) is 10.4. The van der Waals surface area contributed by atoms with Crippen LogP contribution in [0.3, 0.4) is 0 Å². The number of nitrogens with zero attached hydrogens (tertiary/aromatic N) is 3. The van der Waals surface area contributed by atoms with E-state index in [-0.39, 0.29) is 22.5 Å². The number of hydrogen-bond donors (Lipinski definition) is 2. The average molecular weight is 458 g/mol. The van der Waals surface area contributed by atoms with E-state index >= 15 is 0 Å². The van der Waals surface area contributed by atoms with E-state index in [9.17, 15) is 0 Å². The van der Waals surface area contributed by atoms with Crippen LogP contribution < -0.4 is 11.1 Å². The van der Waals surface area contributed by atoms with Gasteiger partial charge in [-0.15, -0.1) is 0 Å². The molecule has 2 aliphatic rings. The maximum atomic E-state index is 6.83. The summed E-state index contributed by atoms with van der Waals surface area (Å²) in [7, 11) is 0. The standard InChI is InChI=1S/C22H21Cl2N5S/c23-19-16(5-8-27-21(19)24)30-17-12-28-15(11-29-17)18-13-3-1-2-4-14(13)20(25)22(18)6-9-26-10-7-22/h1-5,8,11-12,18,20,26H,6-7,9-10,25H2. The van der Waals surface area contributed by atoms with Gasteiger partial charge in [0.05, 0.1) is 23.1 Å². The number of rotatable bonds is 3. The van der Waals surface area contributed by atoms with Crippen LogP contribution >= 0.6 is 35.0 Å². The van der Waals surface area contributed by atoms with E-state index in [0.717, 1.165) is 41.5 Å². The van der Waals surface area contributed by atoms with Crippen LogP contribution in [-0.2, 0) is 0 Å². The number of benzene rings is 1. The summed E-state index contributed by atoms with van der Waals surface area (Å²) in [5.41, 5.74) is 10.3. The first kappa shape index (κ1) is 20.2. The lowest BCUT2D eigenvalue weighted by Gasteiger charge is -2.42. The van der Waals surface area contributed by atoms with Gasteiger partial charge in [0.15, 0.2) is 0 Å². The van der Waals surface area contributed by atoms with Crippen LogP contribution in [0.25, 0.3) is 0 Å². The third-order valence-corrected chi connectivity index (χ3v) is 8.20. The van der Waals surface area contributed by atoms with E-state index in [1.165, 1.54) is 22.9 Å². The summed E-state index contributed by atoms with van der Waals surface area (Å²) in [6.45, 7) is 1.95. The van der Waals surface area contributed by atoms with Crippen molar-refractivity contribution in [1.29, 1.82) is 0 Å². The molecule has 1 spiro atoms. The minimum atomic E-state index is -0.0276. The molecule has 0 bridgehead atoms. The van der Waals surface area contributed by atoms with Crippen LogP contribution in [0.1, 0.15) is 41.6 Å². The van der Waals surface area contributed by atoms with Crippen molar-refractivity contribution in [3.05, 3.63) is 75.9 Å². The van der Waals surface area contributed by atoms with Crippen LogP contribution in [0, 0.1) is 5.41 Å². The Morgan fingerprint density at radius 1 is 1.00 bits per heavy atom. The summed E-state index contributed by atoms with van der Waals surface area (Å²) in [4.78, 5) is 14.3. The maximum Gasteiger partial charge on any atom is 0.148 e. The van der Waals surface area contributed by atoms with Gasteiger partial charge in [0.1, 0.15) is 10.2 Å². The van der Waals surface area contributed by atoms with E-state index in [4.69, 9.17) is 33.9 Å². The van der Waals surface area contributed by atoms with Gasteiger partial charge in [-0.1, -0.05) is 59.2 Å². The first-order valence-electron chi connectivity index (χ1n) is 9.95. The number of fused-ring (bicyclic) bond motifs is 1. The zero-order valence-corrected chi connectivity index (χ0v) is 18.5. The lowest BCUT2D eigenvalue weighted by atomic mass is 9.66. The van der Waals surface area contributed by atoms with Gasteiger partial charge in [-0.05, 0) is 43.1 Å². The highest BCUT2D eigenvalue weighted by Gasteiger charge is 2.52. The Morgan fingerprint density at radius 3 is 2.50 bits per heavy atom. The van der Waals surface area contributed by atoms with Gasteiger partial charge in [-0.2, -0.15) is 0 Å². The third kappa shape index (κ3) is 3.31. The zero-order chi connectivity index (χ0) is 20.7. The Bertz CT molecular complexity index is 1070. The average Bonchev–Trinajstić information content (AvgIpc) is 3.01. The highest BCUT2D eigenvalue weighted by atomic mass is 35.5. The molecule has 0 amide bonds. The Morgan fingerprint density at radius 2 is 1.77 bits per heavy atom. The van der Waals surface area contributed by atoms with Crippen molar-refractivity contribution in [3.63, 3.8) is 0 Å². The largest absolute Gasteiger partial charge is 0.323 e. The molecule has 1 fully saturated rings. The quantitative estimate of drug-likeness (QED) is 0.547. The molecular weight excluding hydrogens is 437 g/mol. The molecule has 2 unspecified atom stereocenters. The molecule has 3 aromatic rings. The summed E-state index contributed by atoms with van der Waals surface area (Å²) >= 11 is 13.7. The van der Waals surface area contributed by atoms with E-state index in [1.54, 1.807) is 6.20 Å². The molecule has 154 valence electrons. The van der Waals surface area contributed by atoms with Gasteiger partial charge in [0.2, 0.25) is 0 Å². The molecule has 1 aromatic carbocycles. The molecule has 2 aromatic heterocycles. The second-order valence-electron chi connectivity index (χ2n) is 7.82. The second-order valence-corrected chi connectivity index (χ2v) is 9.62. The topological polar surface area (TPSA) is 76.7 Å². The SMILES string of the molecule is NC1c2ccccc2C(c2cnc(Sc3ccnc(Cl)c3Cl)cn2)C12CCNCC2. The molecule has 3 heterocycles. The van der Waals surface area contributed by atoms with Crippen LogP contribution in [0.5, 0.6) is 0 Å². The Labute approximate surface area is 189 Å². The fraction of sp³-hybridized carbons (Fsp3) is 0.318. The molecule has 30 heavy (non-hydrogen) atoms. The number of nitrogens with one attached hydrogen (secondary N) is 1. The summed E-state index contributed by atoms with van der Waals surface area (Å²) < 4.78 is 0. The van der Waals surface area contributed by atoms with Crippen LogP contribution in [0.2, 0.25) is 10.2 Å². The lowest BCUT2D eigenvalue weighted by molar-refractivity contribution is 0.149. The van der Waals surface area contributed by atoms with Gasteiger partial charge < -0.3 is 11.1 Å². The fourth-order valence-electron chi connectivity index (χ4n) is 4.92. The van der Waals surface area contributed by atoms with Crippen LogP contribution in [-0.4, -0.2) is 28.0 Å². The highest BCUT2D eigenvalue weighted by molar-refractivity contribution is 7.99. The predicted octanol–water partition coefficient (Wildman–Crippen LogP) is 4.84. The van der Waals surface area contributed by atoms with Gasteiger partial charge in [-0.3, -0.25) is 4.98 Å². The van der Waals surface area contributed by atoms with Crippen molar-refractivity contribution in [3.8, 4) is 0 Å². The van der Waals surface area contributed by atoms with Gasteiger partial charge in [-0.25, -0.2) is 9.97 Å². The molecule has 5 rings (SSSR count). The van der Waals surface area contributed by atoms with Crippen molar-refractivity contribution in [1.82, 2.24) is 20.3 Å². The van der Waals surface area contributed by atoms with E-state index in [2.05, 4.69) is 39.6 Å². The van der Waals surface area contributed by atoms with Crippen molar-refractivity contribution in [2.45, 2.75) is 34.7 Å². The second kappa shape index (κ2) is 8.09. The number of nitrogens with two attached hydrogens (primary N) is 1. The minimum absolute atomic E-state index is 0.00872. The first-order chi connectivity index (χ1) is 14.6. The molecule has 0 saturated carbocycles. The molecule has 1 aliphatic carbocycles. The zero-order valence-electron chi connectivity index (χ0n) is 16.2. The maximum absolute atomic E-state index is 6.83. The fourth-order valence-corrected chi connectivity index (χ4v) is 6.12. The number of piperidine rings is 1. The summed E-state index contributed by atoms with van der Waals surface area (Å²) in [5.74, 6) is 0.149. The summed E-state index contributed by atoms with van der Waals surface area (Å²) in [6.07, 6.45) is 7.39. The van der Waals surface area contributed by atoms with E-state index < -0.39 is 0 Å². The Kier molecular flexibility index (Phi) is 5.45. The molecular formula is C22H21Cl2N5S. The van der Waals surface area contributed by atoms with Crippen molar-refractivity contribution in [2.24, 2.45) is 11.1 Å². The number of aromatic nitrogens is 3. The number of hydrogen-bond acceptors (Lipinski definition) is 6. The number of pyridine rings is 1.